The van der Waals surface area contributed by atoms with Crippen LogP contribution in [0.5, 0.6) is 0 Å². The molecule has 26 heavy (non-hydrogen) atoms. The first-order chi connectivity index (χ1) is 12.5. The summed E-state index contributed by atoms with van der Waals surface area (Å²) >= 11 is 12.8. The lowest BCUT2D eigenvalue weighted by Gasteiger charge is -2.12. The molecule has 0 aliphatic rings. The summed E-state index contributed by atoms with van der Waals surface area (Å²) in [6.07, 6.45) is 0. The largest absolute Gasteiger partial charge is 0.331 e. The maximum Gasteiger partial charge on any atom is 0.248 e. The topological polar surface area (TPSA) is 53.2 Å². The summed E-state index contributed by atoms with van der Waals surface area (Å²) in [5.41, 5.74) is 8.44. The highest BCUT2D eigenvalue weighted by Gasteiger charge is 2.05. The van der Waals surface area contributed by atoms with E-state index in [0.29, 0.717) is 27.6 Å². The lowest BCUT2D eigenvalue weighted by atomic mass is 10.0. The number of carbonyl (C=O) groups is 1. The minimum absolute atomic E-state index is 0.152. The first-order valence-corrected chi connectivity index (χ1v) is 10.2. The second-order valence-corrected chi connectivity index (χ2v) is 7.79. The molecule has 0 saturated heterocycles. The van der Waals surface area contributed by atoms with Gasteiger partial charge in [-0.2, -0.15) is 0 Å². The van der Waals surface area contributed by atoms with Gasteiger partial charge in [0, 0.05) is 16.5 Å². The Morgan fingerprint density at radius 3 is 2.46 bits per heavy atom. The maximum atomic E-state index is 11.9. The second kappa shape index (κ2) is 10.4. The smallest absolute Gasteiger partial charge is 0.248 e. The Balaban J connectivity index is 1.68. The average Bonchev–Trinajstić information content (AvgIpc) is 2.62. The van der Waals surface area contributed by atoms with E-state index < -0.39 is 0 Å². The molecule has 4 nitrogen and oxygen atoms in total. The number of hydrogen-bond acceptors (Lipinski definition) is 3. The summed E-state index contributed by atoms with van der Waals surface area (Å²) in [6, 6.07) is 15.7. The number of nitrogens with one attached hydrogen (secondary N) is 3. The van der Waals surface area contributed by atoms with E-state index in [9.17, 15) is 4.79 Å². The lowest BCUT2D eigenvalue weighted by molar-refractivity contribution is -0.119. The first-order valence-electron chi connectivity index (χ1n) is 8.22. The van der Waals surface area contributed by atoms with Crippen molar-refractivity contribution in [1.82, 2.24) is 10.9 Å². The van der Waals surface area contributed by atoms with Gasteiger partial charge < -0.3 is 5.32 Å². The number of hydrazine groups is 1. The van der Waals surface area contributed by atoms with Crippen molar-refractivity contribution in [3.05, 3.63) is 64.7 Å². The summed E-state index contributed by atoms with van der Waals surface area (Å²) in [5.74, 6) is 1.32. The van der Waals surface area contributed by atoms with Crippen LogP contribution in [-0.4, -0.2) is 16.8 Å². The Morgan fingerprint density at radius 1 is 1.12 bits per heavy atom. The van der Waals surface area contributed by atoms with Crippen LogP contribution in [0.2, 0.25) is 5.02 Å². The zero-order chi connectivity index (χ0) is 18.9. The van der Waals surface area contributed by atoms with Crippen molar-refractivity contribution in [2.45, 2.75) is 25.5 Å². The van der Waals surface area contributed by atoms with Gasteiger partial charge in [-0.25, -0.2) is 0 Å². The molecule has 0 spiro atoms. The predicted molar refractivity (Wildman–Crippen MR) is 116 cm³/mol. The van der Waals surface area contributed by atoms with E-state index in [-0.39, 0.29) is 5.91 Å². The maximum absolute atomic E-state index is 11.9. The molecule has 0 aliphatic heterocycles. The molecule has 0 aromatic heterocycles. The van der Waals surface area contributed by atoms with Crippen LogP contribution in [0.1, 0.15) is 30.9 Å². The van der Waals surface area contributed by atoms with Crippen LogP contribution in [0.25, 0.3) is 0 Å². The zero-order valence-corrected chi connectivity index (χ0v) is 17.1. The standard InChI is InChI=1S/C19H22ClN3OS2/c1-13(2)14-7-9-16(10-8-14)21-19(25)23-22-18(24)12-26-11-15-5-3-4-6-17(15)20/h3-10,13H,11-12H2,1-2H3,(H,22,24)(H2,21,23,25). The van der Waals surface area contributed by atoms with Gasteiger partial charge in [-0.05, 0) is 47.5 Å². The van der Waals surface area contributed by atoms with Gasteiger partial charge in [-0.15, -0.1) is 11.8 Å². The Morgan fingerprint density at radius 2 is 1.81 bits per heavy atom. The summed E-state index contributed by atoms with van der Waals surface area (Å²) in [7, 11) is 0. The van der Waals surface area contributed by atoms with Crippen molar-refractivity contribution < 1.29 is 4.79 Å². The van der Waals surface area contributed by atoms with Crippen LogP contribution in [0.4, 0.5) is 5.69 Å². The highest BCUT2D eigenvalue weighted by atomic mass is 35.5. The number of thioether (sulfide) groups is 1. The van der Waals surface area contributed by atoms with Gasteiger partial charge in [0.05, 0.1) is 5.75 Å². The molecule has 0 heterocycles. The van der Waals surface area contributed by atoms with Crippen molar-refractivity contribution in [2.75, 3.05) is 11.1 Å². The second-order valence-electron chi connectivity index (χ2n) is 5.99. The Kier molecular flexibility index (Phi) is 8.22. The fraction of sp³-hybridized carbons (Fsp3) is 0.263. The third-order valence-electron chi connectivity index (χ3n) is 3.60. The normalized spacial score (nSPS) is 10.5. The van der Waals surface area contributed by atoms with Crippen molar-refractivity contribution in [1.29, 1.82) is 0 Å². The molecular weight excluding hydrogens is 386 g/mol. The molecule has 0 atom stereocenters. The molecule has 7 heteroatoms. The summed E-state index contributed by atoms with van der Waals surface area (Å²) < 4.78 is 0. The zero-order valence-electron chi connectivity index (χ0n) is 14.7. The van der Waals surface area contributed by atoms with Crippen LogP contribution in [0.15, 0.2) is 48.5 Å². The Hall–Kier alpha value is -1.76. The molecule has 0 radical (unpaired) electrons. The van der Waals surface area contributed by atoms with Gasteiger partial charge in [0.15, 0.2) is 5.11 Å². The number of hydrogen-bond donors (Lipinski definition) is 3. The van der Waals surface area contributed by atoms with E-state index in [0.717, 1.165) is 11.3 Å². The third-order valence-corrected chi connectivity index (χ3v) is 5.15. The molecule has 0 saturated carbocycles. The molecular formula is C19H22ClN3OS2. The fourth-order valence-electron chi connectivity index (χ4n) is 2.15. The monoisotopic (exact) mass is 407 g/mol. The highest BCUT2D eigenvalue weighted by Crippen LogP contribution is 2.20. The van der Waals surface area contributed by atoms with Crippen LogP contribution in [0.3, 0.4) is 0 Å². The number of rotatable bonds is 6. The fourth-order valence-corrected chi connectivity index (χ4v) is 3.43. The number of benzene rings is 2. The van der Waals surface area contributed by atoms with Crippen molar-refractivity contribution in [3.63, 3.8) is 0 Å². The molecule has 1 amide bonds. The van der Waals surface area contributed by atoms with E-state index in [4.69, 9.17) is 23.8 Å². The molecule has 138 valence electrons. The van der Waals surface area contributed by atoms with Gasteiger partial charge in [0.2, 0.25) is 5.91 Å². The number of carbonyl (C=O) groups excluding carboxylic acids is 1. The van der Waals surface area contributed by atoms with E-state index in [2.05, 4.69) is 42.1 Å². The quantitative estimate of drug-likeness (QED) is 0.478. The number of thiocarbonyl (C=S) groups is 1. The summed E-state index contributed by atoms with van der Waals surface area (Å²) in [5, 5.41) is 4.09. The number of halogens is 1. The summed E-state index contributed by atoms with van der Waals surface area (Å²) in [6.45, 7) is 4.29. The highest BCUT2D eigenvalue weighted by molar-refractivity contribution is 7.99. The van der Waals surface area contributed by atoms with Crippen molar-refractivity contribution in [2.24, 2.45) is 0 Å². The SMILES string of the molecule is CC(C)c1ccc(NC(=S)NNC(=O)CSCc2ccccc2Cl)cc1. The van der Waals surface area contributed by atoms with Crippen LogP contribution in [0, 0.1) is 0 Å². The molecule has 0 fully saturated rings. The minimum atomic E-state index is -0.152. The first kappa shape index (κ1) is 20.6. The third kappa shape index (κ3) is 6.86. The molecule has 0 unspecified atom stereocenters. The lowest BCUT2D eigenvalue weighted by Crippen LogP contribution is -2.44. The van der Waals surface area contributed by atoms with Gasteiger partial charge >= 0.3 is 0 Å². The minimum Gasteiger partial charge on any atom is -0.331 e. The van der Waals surface area contributed by atoms with Crippen molar-refractivity contribution in [3.8, 4) is 0 Å². The Labute approximate surface area is 169 Å². The number of amides is 1. The van der Waals surface area contributed by atoms with Crippen LogP contribution in [-0.2, 0) is 10.5 Å². The average molecular weight is 408 g/mol. The van der Waals surface area contributed by atoms with Gasteiger partial charge in [0.25, 0.3) is 0 Å². The van der Waals surface area contributed by atoms with E-state index in [1.54, 1.807) is 0 Å². The van der Waals surface area contributed by atoms with E-state index >= 15 is 0 Å². The molecule has 0 aliphatic carbocycles. The van der Waals surface area contributed by atoms with Gasteiger partial charge in [0.1, 0.15) is 0 Å². The van der Waals surface area contributed by atoms with Crippen LogP contribution >= 0.6 is 35.6 Å². The number of anilines is 1. The molecule has 2 aromatic carbocycles. The predicted octanol–water partition coefficient (Wildman–Crippen LogP) is 4.71. The van der Waals surface area contributed by atoms with Crippen LogP contribution < -0.4 is 16.2 Å². The van der Waals surface area contributed by atoms with Gasteiger partial charge in [-0.3, -0.25) is 15.6 Å². The van der Waals surface area contributed by atoms with E-state index in [1.165, 1.54) is 17.3 Å². The Bertz CT molecular complexity index is 751. The molecule has 0 bridgehead atoms. The molecule has 3 N–H and O–H groups in total. The van der Waals surface area contributed by atoms with Crippen molar-refractivity contribution >= 4 is 52.3 Å². The summed E-state index contributed by atoms with van der Waals surface area (Å²) in [4.78, 5) is 11.9. The van der Waals surface area contributed by atoms with Gasteiger partial charge in [-0.1, -0.05) is 55.8 Å². The van der Waals surface area contributed by atoms with E-state index in [1.807, 2.05) is 36.4 Å². The molecule has 2 aromatic rings. The molecule has 2 rings (SSSR count).